The molecular weight excluding hydrogens is 324 g/mol. The lowest BCUT2D eigenvalue weighted by Crippen LogP contribution is -2.18. The fourth-order valence-corrected chi connectivity index (χ4v) is 3.08. The molecule has 3 aromatic rings. The maximum Gasteiger partial charge on any atom is 0.328 e. The number of carboxylic acid groups (broad SMARTS) is 1. The second-order valence-corrected chi connectivity index (χ2v) is 6.21. The van der Waals surface area contributed by atoms with Crippen molar-refractivity contribution in [2.24, 2.45) is 0 Å². The number of hydrogen-bond acceptors (Lipinski definition) is 4. The van der Waals surface area contributed by atoms with Crippen LogP contribution in [0.3, 0.4) is 0 Å². The first-order valence-electron chi connectivity index (χ1n) is 7.21. The summed E-state index contributed by atoms with van der Waals surface area (Å²) < 4.78 is 1.40. The molecule has 0 bridgehead atoms. The van der Waals surface area contributed by atoms with Crippen LogP contribution in [-0.4, -0.2) is 20.5 Å². The zero-order chi connectivity index (χ0) is 17.1. The number of hydrogen-bond donors (Lipinski definition) is 1. The van der Waals surface area contributed by atoms with Crippen molar-refractivity contribution in [3.8, 4) is 0 Å². The van der Waals surface area contributed by atoms with Crippen molar-refractivity contribution in [3.05, 3.63) is 76.2 Å². The van der Waals surface area contributed by atoms with Crippen LogP contribution in [0.5, 0.6) is 0 Å². The molecule has 2 aromatic heterocycles. The highest BCUT2D eigenvalue weighted by molar-refractivity contribution is 7.99. The third-order valence-corrected chi connectivity index (χ3v) is 4.37. The van der Waals surface area contributed by atoms with Crippen molar-refractivity contribution in [1.82, 2.24) is 9.38 Å². The second-order valence-electron chi connectivity index (χ2n) is 5.15. The van der Waals surface area contributed by atoms with Crippen LogP contribution >= 0.6 is 11.8 Å². The molecule has 0 unspecified atom stereocenters. The number of benzene rings is 1. The lowest BCUT2D eigenvalue weighted by atomic mass is 10.2. The first-order chi connectivity index (χ1) is 11.5. The molecule has 6 heteroatoms. The molecule has 0 aliphatic rings. The summed E-state index contributed by atoms with van der Waals surface area (Å²) in [4.78, 5) is 28.9. The molecule has 24 heavy (non-hydrogen) atoms. The van der Waals surface area contributed by atoms with Crippen molar-refractivity contribution in [2.75, 3.05) is 0 Å². The number of fused-ring (bicyclic) bond motifs is 1. The Kier molecular flexibility index (Phi) is 4.48. The molecule has 0 fully saturated rings. The Morgan fingerprint density at radius 2 is 1.96 bits per heavy atom. The summed E-state index contributed by atoms with van der Waals surface area (Å²) in [7, 11) is 0. The van der Waals surface area contributed by atoms with Gasteiger partial charge >= 0.3 is 5.97 Å². The van der Waals surface area contributed by atoms with Gasteiger partial charge in [-0.15, -0.1) is 0 Å². The van der Waals surface area contributed by atoms with E-state index in [0.717, 1.165) is 16.5 Å². The van der Waals surface area contributed by atoms with E-state index >= 15 is 0 Å². The first kappa shape index (κ1) is 16.0. The molecule has 0 saturated heterocycles. The average molecular weight is 338 g/mol. The minimum Gasteiger partial charge on any atom is -0.478 e. The Balaban J connectivity index is 2.16. The van der Waals surface area contributed by atoms with Gasteiger partial charge in [-0.3, -0.25) is 9.20 Å². The number of pyridine rings is 1. The Labute approximate surface area is 142 Å². The van der Waals surface area contributed by atoms with E-state index in [9.17, 15) is 9.59 Å². The minimum atomic E-state index is -1.11. The molecule has 0 saturated carbocycles. The van der Waals surface area contributed by atoms with E-state index in [0.29, 0.717) is 10.7 Å². The maximum absolute atomic E-state index is 12.7. The molecule has 0 amide bonds. The molecule has 0 aliphatic heterocycles. The second kappa shape index (κ2) is 6.72. The normalized spacial score (nSPS) is 11.2. The van der Waals surface area contributed by atoms with Crippen LogP contribution in [0.25, 0.3) is 11.7 Å². The van der Waals surface area contributed by atoms with Crippen LogP contribution in [-0.2, 0) is 4.79 Å². The van der Waals surface area contributed by atoms with Gasteiger partial charge in [-0.1, -0.05) is 35.5 Å². The van der Waals surface area contributed by atoms with E-state index in [2.05, 4.69) is 4.98 Å². The third kappa shape index (κ3) is 3.38. The molecule has 1 aromatic carbocycles. The summed E-state index contributed by atoms with van der Waals surface area (Å²) in [6, 6.07) is 13.1. The van der Waals surface area contributed by atoms with Gasteiger partial charge in [0.2, 0.25) is 0 Å². The first-order valence-corrected chi connectivity index (χ1v) is 8.03. The Hall–Kier alpha value is -2.86. The van der Waals surface area contributed by atoms with Gasteiger partial charge in [-0.05, 0) is 37.3 Å². The average Bonchev–Trinajstić information content (AvgIpc) is 2.56. The van der Waals surface area contributed by atoms with E-state index in [1.54, 1.807) is 24.4 Å². The number of carboxylic acids is 1. The van der Waals surface area contributed by atoms with E-state index in [1.807, 2.05) is 31.2 Å². The highest BCUT2D eigenvalue weighted by Gasteiger charge is 2.12. The number of aliphatic carboxylic acids is 1. The molecule has 0 radical (unpaired) electrons. The van der Waals surface area contributed by atoms with Crippen LogP contribution < -0.4 is 5.56 Å². The van der Waals surface area contributed by atoms with Crippen LogP contribution in [0.2, 0.25) is 0 Å². The summed E-state index contributed by atoms with van der Waals surface area (Å²) in [5, 5.41) is 9.35. The summed E-state index contributed by atoms with van der Waals surface area (Å²) in [5.41, 5.74) is 1.61. The van der Waals surface area contributed by atoms with Gasteiger partial charge in [-0.25, -0.2) is 9.78 Å². The molecular formula is C18H14N2O3S. The SMILES string of the molecule is Cc1ccc(Sc2nc3ccccn3c(=O)c2/C=C/C(=O)O)cc1. The molecule has 5 nitrogen and oxygen atoms in total. The van der Waals surface area contributed by atoms with Gasteiger partial charge in [0.1, 0.15) is 10.7 Å². The Morgan fingerprint density at radius 1 is 1.21 bits per heavy atom. The largest absolute Gasteiger partial charge is 0.478 e. The molecule has 1 N–H and O–H groups in total. The van der Waals surface area contributed by atoms with E-state index in [1.165, 1.54) is 22.2 Å². The molecule has 3 rings (SSSR count). The fraction of sp³-hybridized carbons (Fsp3) is 0.0556. The Bertz CT molecular complexity index is 991. The summed E-state index contributed by atoms with van der Waals surface area (Å²) >= 11 is 1.33. The highest BCUT2D eigenvalue weighted by Crippen LogP contribution is 2.28. The van der Waals surface area contributed by atoms with E-state index < -0.39 is 5.97 Å². The topological polar surface area (TPSA) is 71.7 Å². The predicted molar refractivity (Wildman–Crippen MR) is 93.4 cm³/mol. The number of rotatable bonds is 4. The summed E-state index contributed by atoms with van der Waals surface area (Å²) in [6.07, 6.45) is 3.86. The highest BCUT2D eigenvalue weighted by atomic mass is 32.2. The number of aryl methyl sites for hydroxylation is 1. The Morgan fingerprint density at radius 3 is 2.67 bits per heavy atom. The quantitative estimate of drug-likeness (QED) is 0.584. The van der Waals surface area contributed by atoms with Gasteiger partial charge in [0, 0.05) is 17.2 Å². The van der Waals surface area contributed by atoms with Crippen LogP contribution in [0.1, 0.15) is 11.1 Å². The van der Waals surface area contributed by atoms with Gasteiger partial charge in [0.05, 0.1) is 5.56 Å². The maximum atomic E-state index is 12.7. The smallest absolute Gasteiger partial charge is 0.328 e. The van der Waals surface area contributed by atoms with E-state index in [4.69, 9.17) is 5.11 Å². The van der Waals surface area contributed by atoms with Crippen molar-refractivity contribution in [2.45, 2.75) is 16.8 Å². The van der Waals surface area contributed by atoms with Gasteiger partial charge < -0.3 is 5.11 Å². The molecule has 2 heterocycles. The number of nitrogens with zero attached hydrogens (tertiary/aromatic N) is 2. The summed E-state index contributed by atoms with van der Waals surface area (Å²) in [6.45, 7) is 2.00. The lowest BCUT2D eigenvalue weighted by molar-refractivity contribution is -0.131. The fourth-order valence-electron chi connectivity index (χ4n) is 2.18. The molecule has 0 aliphatic carbocycles. The standard InChI is InChI=1S/C18H14N2O3S/c1-12-5-7-13(8-6-12)24-17-14(9-10-16(21)22)18(23)20-11-3-2-4-15(20)19-17/h2-11H,1H3,(H,21,22)/b10-9+. The van der Waals surface area contributed by atoms with Gasteiger partial charge in [0.25, 0.3) is 5.56 Å². The van der Waals surface area contributed by atoms with Crippen molar-refractivity contribution < 1.29 is 9.90 Å². The molecule has 120 valence electrons. The zero-order valence-electron chi connectivity index (χ0n) is 12.8. The predicted octanol–water partition coefficient (Wildman–Crippen LogP) is 3.25. The van der Waals surface area contributed by atoms with Crippen LogP contribution in [0.4, 0.5) is 0 Å². The van der Waals surface area contributed by atoms with Crippen LogP contribution in [0.15, 0.2) is 69.5 Å². The number of aromatic nitrogens is 2. The van der Waals surface area contributed by atoms with Crippen molar-refractivity contribution in [3.63, 3.8) is 0 Å². The van der Waals surface area contributed by atoms with Crippen LogP contribution in [0, 0.1) is 6.92 Å². The zero-order valence-corrected chi connectivity index (χ0v) is 13.7. The van der Waals surface area contributed by atoms with Crippen molar-refractivity contribution in [1.29, 1.82) is 0 Å². The summed E-state index contributed by atoms with van der Waals surface area (Å²) in [5.74, 6) is -1.11. The third-order valence-electron chi connectivity index (χ3n) is 3.36. The van der Waals surface area contributed by atoms with Crippen molar-refractivity contribution >= 4 is 29.5 Å². The number of carbonyl (C=O) groups is 1. The lowest BCUT2D eigenvalue weighted by Gasteiger charge is -2.08. The van der Waals surface area contributed by atoms with Gasteiger partial charge in [0.15, 0.2) is 0 Å². The monoisotopic (exact) mass is 338 g/mol. The minimum absolute atomic E-state index is 0.256. The van der Waals surface area contributed by atoms with E-state index in [-0.39, 0.29) is 11.1 Å². The van der Waals surface area contributed by atoms with Gasteiger partial charge in [-0.2, -0.15) is 0 Å². The molecule has 0 spiro atoms. The molecule has 0 atom stereocenters.